The second-order valence-corrected chi connectivity index (χ2v) is 6.80. The van der Waals surface area contributed by atoms with Crippen LogP contribution >= 0.6 is 0 Å². The number of para-hydroxylation sites is 1. The van der Waals surface area contributed by atoms with E-state index in [-0.39, 0.29) is 19.6 Å². The van der Waals surface area contributed by atoms with Gasteiger partial charge in [-0.3, -0.25) is 9.59 Å². The van der Waals surface area contributed by atoms with Crippen molar-refractivity contribution in [3.63, 3.8) is 0 Å². The van der Waals surface area contributed by atoms with Crippen LogP contribution in [0.5, 0.6) is 0 Å². The molecule has 1 saturated heterocycles. The molecule has 0 unspecified atom stereocenters. The van der Waals surface area contributed by atoms with E-state index < -0.39 is 29.9 Å². The summed E-state index contributed by atoms with van der Waals surface area (Å²) in [5, 5.41) is 2.69. The van der Waals surface area contributed by atoms with Crippen LogP contribution in [0.4, 0.5) is 16.2 Å². The van der Waals surface area contributed by atoms with Crippen molar-refractivity contribution in [3.8, 4) is 0 Å². The minimum absolute atomic E-state index is 0.139. The summed E-state index contributed by atoms with van der Waals surface area (Å²) in [4.78, 5) is 52.5. The molecule has 0 saturated carbocycles. The van der Waals surface area contributed by atoms with Gasteiger partial charge in [0.05, 0.1) is 24.3 Å². The first kappa shape index (κ1) is 21.8. The molecule has 2 aromatic carbocycles. The van der Waals surface area contributed by atoms with Crippen LogP contribution < -0.4 is 10.2 Å². The molecule has 4 amide bonds. The minimum Gasteiger partial charge on any atom is -0.462 e. The lowest BCUT2D eigenvalue weighted by atomic mass is 10.1. The average Bonchev–Trinajstić information content (AvgIpc) is 2.99. The molecule has 0 aromatic heterocycles. The lowest BCUT2D eigenvalue weighted by molar-refractivity contribution is -0.124. The molecule has 1 heterocycles. The summed E-state index contributed by atoms with van der Waals surface area (Å²) < 4.78 is 4.93. The summed E-state index contributed by atoms with van der Waals surface area (Å²) in [5.74, 6) is -1.35. The average molecular weight is 421 g/mol. The number of carbonyl (C=O) groups is 4. The maximum absolute atomic E-state index is 13.0. The highest BCUT2D eigenvalue weighted by atomic mass is 16.5. The number of amides is 4. The Bertz CT molecular complexity index is 988. The number of anilines is 2. The first-order valence-electron chi connectivity index (χ1n) is 9.83. The highest BCUT2D eigenvalue weighted by molar-refractivity contribution is 6.22. The number of rotatable bonds is 8. The van der Waals surface area contributed by atoms with E-state index in [4.69, 9.17) is 4.74 Å². The zero-order valence-corrected chi connectivity index (χ0v) is 17.1. The molecule has 3 rings (SSSR count). The van der Waals surface area contributed by atoms with Gasteiger partial charge in [0.1, 0.15) is 6.04 Å². The molecular weight excluding hydrogens is 398 g/mol. The van der Waals surface area contributed by atoms with E-state index in [0.29, 0.717) is 16.9 Å². The summed E-state index contributed by atoms with van der Waals surface area (Å²) in [6.07, 6.45) is 1.31. The van der Waals surface area contributed by atoms with E-state index in [1.165, 1.54) is 11.0 Å². The lowest BCUT2D eigenvalue weighted by Crippen LogP contribution is -2.38. The number of esters is 1. The van der Waals surface area contributed by atoms with Gasteiger partial charge in [0.15, 0.2) is 0 Å². The Kier molecular flexibility index (Phi) is 6.81. The smallest absolute Gasteiger partial charge is 0.338 e. The number of hydrogen-bond donors (Lipinski definition) is 1. The fourth-order valence-corrected chi connectivity index (χ4v) is 3.29. The van der Waals surface area contributed by atoms with Crippen LogP contribution in [0.15, 0.2) is 67.3 Å². The van der Waals surface area contributed by atoms with E-state index >= 15 is 0 Å². The highest BCUT2D eigenvalue weighted by Crippen LogP contribution is 2.27. The van der Waals surface area contributed by atoms with Crippen LogP contribution in [-0.2, 0) is 14.3 Å². The molecule has 8 heteroatoms. The zero-order chi connectivity index (χ0) is 22.4. The number of imide groups is 1. The molecular formula is C23H23N3O5. The zero-order valence-electron chi connectivity index (χ0n) is 17.1. The quantitative estimate of drug-likeness (QED) is 0.401. The van der Waals surface area contributed by atoms with Crippen molar-refractivity contribution in [3.05, 3.63) is 72.8 Å². The number of ether oxygens (including phenoxy) is 1. The molecule has 2 aromatic rings. The number of carbonyl (C=O) groups excluding carboxylic acids is 4. The molecule has 1 aliphatic rings. The summed E-state index contributed by atoms with van der Waals surface area (Å²) in [7, 11) is 0. The van der Waals surface area contributed by atoms with Crippen LogP contribution in [-0.4, -0.2) is 47.9 Å². The van der Waals surface area contributed by atoms with Crippen molar-refractivity contribution in [2.45, 2.75) is 19.4 Å². The molecule has 0 aliphatic carbocycles. The minimum atomic E-state index is -0.940. The molecule has 1 aliphatic heterocycles. The van der Waals surface area contributed by atoms with Crippen LogP contribution in [0.2, 0.25) is 0 Å². The molecule has 1 atom stereocenters. The third-order valence-electron chi connectivity index (χ3n) is 4.72. The van der Waals surface area contributed by atoms with Crippen LogP contribution in [0.25, 0.3) is 0 Å². The van der Waals surface area contributed by atoms with Crippen molar-refractivity contribution in [1.82, 2.24) is 4.90 Å². The molecule has 0 radical (unpaired) electrons. The van der Waals surface area contributed by atoms with Gasteiger partial charge >= 0.3 is 12.0 Å². The third-order valence-corrected chi connectivity index (χ3v) is 4.72. The Morgan fingerprint density at radius 2 is 1.77 bits per heavy atom. The van der Waals surface area contributed by atoms with E-state index in [1.54, 1.807) is 61.5 Å². The molecule has 160 valence electrons. The predicted molar refractivity (Wildman–Crippen MR) is 116 cm³/mol. The van der Waals surface area contributed by atoms with Gasteiger partial charge in [-0.25, -0.2) is 14.5 Å². The number of nitrogens with zero attached hydrogens (tertiary/aromatic N) is 2. The van der Waals surface area contributed by atoms with Gasteiger partial charge in [-0.2, -0.15) is 0 Å². The van der Waals surface area contributed by atoms with Crippen molar-refractivity contribution in [2.24, 2.45) is 0 Å². The van der Waals surface area contributed by atoms with Crippen LogP contribution in [0, 0.1) is 0 Å². The van der Waals surface area contributed by atoms with Crippen molar-refractivity contribution < 1.29 is 23.9 Å². The normalized spacial score (nSPS) is 15.7. The Hall–Kier alpha value is -3.94. The van der Waals surface area contributed by atoms with Gasteiger partial charge in [-0.1, -0.05) is 24.3 Å². The standard InChI is InChI=1S/C23H23N3O5/c1-3-14-25-19(21(28)26(23(25)30)18-8-6-5-7-9-18)15-20(27)24-17-12-10-16(11-13-17)22(29)31-4-2/h3,5-13,19H,1,4,14-15H2,2H3,(H,24,27)/t19-/m1/s1. The van der Waals surface area contributed by atoms with Gasteiger partial charge in [-0.05, 0) is 43.3 Å². The number of urea groups is 1. The number of benzene rings is 2. The van der Waals surface area contributed by atoms with Crippen LogP contribution in [0.1, 0.15) is 23.7 Å². The van der Waals surface area contributed by atoms with Crippen molar-refractivity contribution in [1.29, 1.82) is 0 Å². The molecule has 1 fully saturated rings. The Labute approximate surface area is 180 Å². The largest absolute Gasteiger partial charge is 0.462 e. The molecule has 0 bridgehead atoms. The van der Waals surface area contributed by atoms with E-state index in [1.807, 2.05) is 0 Å². The van der Waals surface area contributed by atoms with E-state index in [2.05, 4.69) is 11.9 Å². The van der Waals surface area contributed by atoms with Crippen LogP contribution in [0.3, 0.4) is 0 Å². The van der Waals surface area contributed by atoms with Gasteiger partial charge < -0.3 is 15.0 Å². The SMILES string of the molecule is C=CCN1C(=O)N(c2ccccc2)C(=O)[C@H]1CC(=O)Nc1ccc(C(=O)OCC)cc1. The predicted octanol–water partition coefficient (Wildman–Crippen LogP) is 3.22. The van der Waals surface area contributed by atoms with Gasteiger partial charge in [0.25, 0.3) is 5.91 Å². The number of nitrogens with one attached hydrogen (secondary N) is 1. The summed E-state index contributed by atoms with van der Waals surface area (Å²) in [6, 6.07) is 13.4. The summed E-state index contributed by atoms with van der Waals surface area (Å²) in [6.45, 7) is 5.76. The Morgan fingerprint density at radius 1 is 1.10 bits per heavy atom. The number of hydrogen-bond acceptors (Lipinski definition) is 5. The Morgan fingerprint density at radius 3 is 2.39 bits per heavy atom. The molecule has 0 spiro atoms. The van der Waals surface area contributed by atoms with Gasteiger partial charge in [0, 0.05) is 12.2 Å². The van der Waals surface area contributed by atoms with Crippen molar-refractivity contribution in [2.75, 3.05) is 23.4 Å². The van der Waals surface area contributed by atoms with E-state index in [0.717, 1.165) is 4.90 Å². The van der Waals surface area contributed by atoms with E-state index in [9.17, 15) is 19.2 Å². The maximum atomic E-state index is 13.0. The van der Waals surface area contributed by atoms with Gasteiger partial charge in [-0.15, -0.1) is 6.58 Å². The summed E-state index contributed by atoms with van der Waals surface area (Å²) >= 11 is 0. The highest BCUT2D eigenvalue weighted by Gasteiger charge is 2.46. The molecule has 31 heavy (non-hydrogen) atoms. The lowest BCUT2D eigenvalue weighted by Gasteiger charge is -2.19. The second kappa shape index (κ2) is 9.71. The van der Waals surface area contributed by atoms with Crippen molar-refractivity contribution >= 4 is 35.2 Å². The van der Waals surface area contributed by atoms with Gasteiger partial charge in [0.2, 0.25) is 5.91 Å². The molecule has 8 nitrogen and oxygen atoms in total. The first-order chi connectivity index (χ1) is 15.0. The third kappa shape index (κ3) is 4.80. The topological polar surface area (TPSA) is 96.0 Å². The first-order valence-corrected chi connectivity index (χ1v) is 9.83. The summed E-state index contributed by atoms with van der Waals surface area (Å²) in [5.41, 5.74) is 1.28. The fourth-order valence-electron chi connectivity index (χ4n) is 3.29. The monoisotopic (exact) mass is 421 g/mol. The molecule has 1 N–H and O–H groups in total. The Balaban J connectivity index is 1.71. The fraction of sp³-hybridized carbons (Fsp3) is 0.217. The second-order valence-electron chi connectivity index (χ2n) is 6.80. The maximum Gasteiger partial charge on any atom is 0.338 e.